The molecule has 6 heteroatoms. The second-order valence-corrected chi connectivity index (χ2v) is 5.48. The number of carbonyl (C=O) groups is 1. The highest BCUT2D eigenvalue weighted by molar-refractivity contribution is 7.80. The summed E-state index contributed by atoms with van der Waals surface area (Å²) < 4.78 is 13.0. The van der Waals surface area contributed by atoms with Gasteiger partial charge in [-0.1, -0.05) is 23.7 Å². The van der Waals surface area contributed by atoms with Crippen LogP contribution in [0.1, 0.15) is 5.56 Å². The zero-order chi connectivity index (χ0) is 15.7. The van der Waals surface area contributed by atoms with Crippen molar-refractivity contribution < 1.29 is 9.18 Å². The third kappa shape index (κ3) is 2.86. The number of carbonyl (C=O) groups excluding carboxylic acids is 1. The standard InChI is InChI=1S/C16H10ClFN2OS/c17-11-3-1-10(2-4-11)9-14-15(21)20(16(22)19-14)13-7-5-12(18)6-8-13/h1-9H,(H,19,22). The van der Waals surface area contributed by atoms with Crippen LogP contribution in [0.25, 0.3) is 6.08 Å². The number of thiocarbonyl (C=S) groups is 1. The van der Waals surface area contributed by atoms with Crippen LogP contribution in [0.3, 0.4) is 0 Å². The zero-order valence-corrected chi connectivity index (χ0v) is 12.8. The third-order valence-corrected chi connectivity index (χ3v) is 3.68. The molecule has 0 radical (unpaired) electrons. The molecular formula is C16H10ClFN2OS. The number of amides is 1. The molecule has 2 aromatic carbocycles. The number of anilines is 1. The summed E-state index contributed by atoms with van der Waals surface area (Å²) in [5.41, 5.74) is 1.70. The Hall–Kier alpha value is -2.24. The number of nitrogens with zero attached hydrogens (tertiary/aromatic N) is 1. The van der Waals surface area contributed by atoms with Crippen molar-refractivity contribution in [3.05, 3.63) is 70.6 Å². The van der Waals surface area contributed by atoms with Crippen LogP contribution < -0.4 is 10.2 Å². The summed E-state index contributed by atoms with van der Waals surface area (Å²) in [6.45, 7) is 0. The largest absolute Gasteiger partial charge is 0.327 e. The average molecular weight is 333 g/mol. The lowest BCUT2D eigenvalue weighted by Gasteiger charge is -2.13. The molecule has 0 atom stereocenters. The van der Waals surface area contributed by atoms with Gasteiger partial charge in [0.25, 0.3) is 5.91 Å². The van der Waals surface area contributed by atoms with Gasteiger partial charge in [0.15, 0.2) is 5.11 Å². The van der Waals surface area contributed by atoms with E-state index >= 15 is 0 Å². The number of hydrogen-bond acceptors (Lipinski definition) is 2. The molecule has 0 unspecified atom stereocenters. The normalized spacial score (nSPS) is 16.3. The first-order valence-corrected chi connectivity index (χ1v) is 7.21. The fourth-order valence-electron chi connectivity index (χ4n) is 2.09. The van der Waals surface area contributed by atoms with Gasteiger partial charge in [0, 0.05) is 5.02 Å². The highest BCUT2D eigenvalue weighted by atomic mass is 35.5. The highest BCUT2D eigenvalue weighted by Crippen LogP contribution is 2.23. The van der Waals surface area contributed by atoms with Crippen molar-refractivity contribution in [3.8, 4) is 0 Å². The summed E-state index contributed by atoms with van der Waals surface area (Å²) in [6, 6.07) is 12.7. The lowest BCUT2D eigenvalue weighted by molar-refractivity contribution is -0.113. The maximum atomic E-state index is 13.0. The van der Waals surface area contributed by atoms with E-state index in [9.17, 15) is 9.18 Å². The Morgan fingerprint density at radius 3 is 2.36 bits per heavy atom. The van der Waals surface area contributed by atoms with Gasteiger partial charge in [0.05, 0.1) is 5.69 Å². The van der Waals surface area contributed by atoms with Crippen molar-refractivity contribution in [1.82, 2.24) is 5.32 Å². The molecule has 0 aliphatic carbocycles. The van der Waals surface area contributed by atoms with Crippen LogP contribution in [-0.4, -0.2) is 11.0 Å². The minimum atomic E-state index is -0.369. The summed E-state index contributed by atoms with van der Waals surface area (Å²) in [6.07, 6.45) is 1.69. The summed E-state index contributed by atoms with van der Waals surface area (Å²) in [5.74, 6) is -0.655. The Morgan fingerprint density at radius 2 is 1.73 bits per heavy atom. The zero-order valence-electron chi connectivity index (χ0n) is 11.2. The minimum absolute atomic E-state index is 0.261. The van der Waals surface area contributed by atoms with Crippen LogP contribution in [0.4, 0.5) is 10.1 Å². The van der Waals surface area contributed by atoms with Crippen LogP contribution in [0.2, 0.25) is 5.02 Å². The molecule has 0 aromatic heterocycles. The Morgan fingerprint density at radius 1 is 1.09 bits per heavy atom. The fraction of sp³-hybridized carbons (Fsp3) is 0. The molecule has 1 heterocycles. The van der Waals surface area contributed by atoms with Gasteiger partial charge >= 0.3 is 0 Å². The molecule has 0 bridgehead atoms. The van der Waals surface area contributed by atoms with E-state index < -0.39 is 0 Å². The molecule has 1 fully saturated rings. The topological polar surface area (TPSA) is 32.3 Å². The summed E-state index contributed by atoms with van der Waals surface area (Å²) in [7, 11) is 0. The predicted octanol–water partition coefficient (Wildman–Crippen LogP) is 3.74. The van der Waals surface area contributed by atoms with Gasteiger partial charge in [-0.15, -0.1) is 0 Å². The first-order valence-electron chi connectivity index (χ1n) is 6.43. The van der Waals surface area contributed by atoms with Crippen LogP contribution in [0.15, 0.2) is 54.2 Å². The first-order chi connectivity index (χ1) is 10.5. The maximum Gasteiger partial charge on any atom is 0.281 e. The van der Waals surface area contributed by atoms with Crippen molar-refractivity contribution >= 4 is 46.6 Å². The smallest absolute Gasteiger partial charge is 0.281 e. The van der Waals surface area contributed by atoms with Gasteiger partial charge in [-0.25, -0.2) is 4.39 Å². The Balaban J connectivity index is 1.91. The summed E-state index contributed by atoms with van der Waals surface area (Å²) in [4.78, 5) is 13.8. The van der Waals surface area contributed by atoms with Crippen molar-refractivity contribution in [2.75, 3.05) is 4.90 Å². The molecule has 1 aliphatic heterocycles. The van der Waals surface area contributed by atoms with Gasteiger partial charge in [-0.2, -0.15) is 0 Å². The molecule has 0 saturated carbocycles. The summed E-state index contributed by atoms with van der Waals surface area (Å²) in [5, 5.41) is 3.75. The first kappa shape index (κ1) is 14.7. The van der Waals surface area contributed by atoms with E-state index in [1.165, 1.54) is 29.2 Å². The van der Waals surface area contributed by atoms with Gasteiger partial charge < -0.3 is 5.32 Å². The summed E-state index contributed by atoms with van der Waals surface area (Å²) >= 11 is 11.0. The molecular weight excluding hydrogens is 323 g/mol. The van der Waals surface area contributed by atoms with Crippen molar-refractivity contribution in [2.45, 2.75) is 0 Å². The predicted molar refractivity (Wildman–Crippen MR) is 89.0 cm³/mol. The molecule has 0 spiro atoms. The SMILES string of the molecule is O=C1C(=Cc2ccc(Cl)cc2)NC(=S)N1c1ccc(F)cc1. The number of hydrogen-bond donors (Lipinski definition) is 1. The van der Waals surface area contributed by atoms with Crippen LogP contribution in [-0.2, 0) is 4.79 Å². The molecule has 3 rings (SSSR count). The monoisotopic (exact) mass is 332 g/mol. The lowest BCUT2D eigenvalue weighted by Crippen LogP contribution is -2.30. The van der Waals surface area contributed by atoms with Gasteiger partial charge in [-0.05, 0) is 60.3 Å². The van der Waals surface area contributed by atoms with E-state index in [2.05, 4.69) is 5.32 Å². The number of nitrogens with one attached hydrogen (secondary N) is 1. The Labute approximate surface area is 137 Å². The molecule has 1 saturated heterocycles. The quantitative estimate of drug-likeness (QED) is 0.671. The number of benzene rings is 2. The van der Waals surface area contributed by atoms with Crippen LogP contribution >= 0.6 is 23.8 Å². The second kappa shape index (κ2) is 5.87. The molecule has 110 valence electrons. The highest BCUT2D eigenvalue weighted by Gasteiger charge is 2.31. The molecule has 3 nitrogen and oxygen atoms in total. The van der Waals surface area contributed by atoms with E-state index in [4.69, 9.17) is 23.8 Å². The van der Waals surface area contributed by atoms with E-state index in [0.29, 0.717) is 16.4 Å². The van der Waals surface area contributed by atoms with Gasteiger partial charge in [0.1, 0.15) is 11.5 Å². The Kier molecular flexibility index (Phi) is 3.92. The van der Waals surface area contributed by atoms with Crippen molar-refractivity contribution in [3.63, 3.8) is 0 Å². The number of halogens is 2. The molecule has 1 N–H and O–H groups in total. The molecule has 22 heavy (non-hydrogen) atoms. The molecule has 1 aliphatic rings. The fourth-order valence-corrected chi connectivity index (χ4v) is 2.51. The van der Waals surface area contributed by atoms with Crippen LogP contribution in [0.5, 0.6) is 0 Å². The lowest BCUT2D eigenvalue weighted by atomic mass is 10.2. The van der Waals surface area contributed by atoms with E-state index in [-0.39, 0.29) is 16.8 Å². The number of rotatable bonds is 2. The maximum absolute atomic E-state index is 13.0. The van der Waals surface area contributed by atoms with Gasteiger partial charge in [-0.3, -0.25) is 9.69 Å². The Bertz CT molecular complexity index is 772. The molecule has 1 amide bonds. The third-order valence-electron chi connectivity index (χ3n) is 3.14. The average Bonchev–Trinajstić information content (AvgIpc) is 2.77. The second-order valence-electron chi connectivity index (χ2n) is 4.66. The van der Waals surface area contributed by atoms with Gasteiger partial charge in [0.2, 0.25) is 0 Å². The minimum Gasteiger partial charge on any atom is -0.327 e. The van der Waals surface area contributed by atoms with E-state index in [1.807, 2.05) is 0 Å². The van der Waals surface area contributed by atoms with E-state index in [1.54, 1.807) is 30.3 Å². The van der Waals surface area contributed by atoms with Crippen LogP contribution in [0, 0.1) is 5.82 Å². The molecule has 2 aromatic rings. The van der Waals surface area contributed by atoms with E-state index in [0.717, 1.165) is 5.56 Å². The van der Waals surface area contributed by atoms with Crippen molar-refractivity contribution in [1.29, 1.82) is 0 Å². The van der Waals surface area contributed by atoms with Crippen molar-refractivity contribution in [2.24, 2.45) is 0 Å².